The van der Waals surface area contributed by atoms with Gasteiger partial charge in [-0.15, -0.1) is 5.10 Å². The highest BCUT2D eigenvalue weighted by Gasteiger charge is 2.21. The van der Waals surface area contributed by atoms with Crippen molar-refractivity contribution in [3.8, 4) is 0 Å². The third-order valence-electron chi connectivity index (χ3n) is 2.88. The Balaban J connectivity index is 2.45. The molecule has 4 N–H and O–H groups in total. The topological polar surface area (TPSA) is 76.8 Å². The van der Waals surface area contributed by atoms with Crippen molar-refractivity contribution in [1.82, 2.24) is 0 Å². The second-order valence-electron chi connectivity index (χ2n) is 4.11. The molecule has 4 nitrogen and oxygen atoms in total. The van der Waals surface area contributed by atoms with E-state index in [1.165, 1.54) is 11.1 Å². The van der Waals surface area contributed by atoms with Crippen molar-refractivity contribution in [2.45, 2.75) is 19.8 Å². The molecule has 0 saturated heterocycles. The molecule has 0 heterocycles. The van der Waals surface area contributed by atoms with Crippen molar-refractivity contribution in [1.29, 1.82) is 0 Å². The third-order valence-corrected chi connectivity index (χ3v) is 2.88. The van der Waals surface area contributed by atoms with E-state index in [-0.39, 0.29) is 5.96 Å². The zero-order valence-electron chi connectivity index (χ0n) is 9.35. The first kappa shape index (κ1) is 10.7. The van der Waals surface area contributed by atoms with Crippen LogP contribution in [-0.4, -0.2) is 11.7 Å². The fourth-order valence-corrected chi connectivity index (χ4v) is 2.03. The molecule has 0 spiro atoms. The summed E-state index contributed by atoms with van der Waals surface area (Å²) >= 11 is 0. The minimum Gasteiger partial charge on any atom is -0.369 e. The van der Waals surface area contributed by atoms with Crippen LogP contribution in [0, 0.1) is 5.92 Å². The highest BCUT2D eigenvalue weighted by molar-refractivity contribution is 6.04. The summed E-state index contributed by atoms with van der Waals surface area (Å²) in [6.07, 6.45) is 2.19. The van der Waals surface area contributed by atoms with Crippen LogP contribution >= 0.6 is 0 Å². The normalized spacial score (nSPS) is 21.6. The molecule has 1 aliphatic rings. The van der Waals surface area contributed by atoms with Gasteiger partial charge in [-0.1, -0.05) is 31.2 Å². The molecule has 0 aromatic heterocycles. The zero-order chi connectivity index (χ0) is 11.5. The van der Waals surface area contributed by atoms with Gasteiger partial charge in [-0.2, -0.15) is 5.10 Å². The molecule has 1 aliphatic carbocycles. The molecule has 0 bridgehead atoms. The molecule has 1 unspecified atom stereocenters. The van der Waals surface area contributed by atoms with Crippen LogP contribution in [0.2, 0.25) is 0 Å². The number of hydrogen-bond acceptors (Lipinski definition) is 2. The fraction of sp³-hybridized carbons (Fsp3) is 0.333. The van der Waals surface area contributed by atoms with Crippen molar-refractivity contribution in [3.05, 3.63) is 35.4 Å². The second-order valence-corrected chi connectivity index (χ2v) is 4.11. The molecule has 1 atom stereocenters. The second kappa shape index (κ2) is 4.35. The standard InChI is InChI=1S/C12H16N4/c1-8-6-7-9-4-2-3-5-10(9)11(8)15-16-12(13)14/h2-5,8H,6-7H2,1H3,(H4,13,14,16)/b15-11+. The van der Waals surface area contributed by atoms with Gasteiger partial charge in [-0.05, 0) is 18.4 Å². The molecule has 0 saturated carbocycles. The van der Waals surface area contributed by atoms with E-state index in [1.807, 2.05) is 12.1 Å². The fourth-order valence-electron chi connectivity index (χ4n) is 2.03. The van der Waals surface area contributed by atoms with Gasteiger partial charge >= 0.3 is 0 Å². The van der Waals surface area contributed by atoms with Crippen molar-refractivity contribution < 1.29 is 0 Å². The van der Waals surface area contributed by atoms with Gasteiger partial charge in [0, 0.05) is 11.5 Å². The summed E-state index contributed by atoms with van der Waals surface area (Å²) in [7, 11) is 0. The highest BCUT2D eigenvalue weighted by Crippen LogP contribution is 2.25. The molecule has 16 heavy (non-hydrogen) atoms. The quantitative estimate of drug-likeness (QED) is 0.421. The van der Waals surface area contributed by atoms with E-state index < -0.39 is 0 Å². The Morgan fingerprint density at radius 3 is 2.81 bits per heavy atom. The van der Waals surface area contributed by atoms with Crippen LogP contribution < -0.4 is 11.5 Å². The van der Waals surface area contributed by atoms with Crippen molar-refractivity contribution in [3.63, 3.8) is 0 Å². The molecular weight excluding hydrogens is 200 g/mol. The first-order valence-electron chi connectivity index (χ1n) is 5.43. The Bertz CT molecular complexity index is 444. The number of fused-ring (bicyclic) bond motifs is 1. The molecule has 0 amide bonds. The predicted octanol–water partition coefficient (Wildman–Crippen LogP) is 1.25. The maximum Gasteiger partial charge on any atom is 0.211 e. The van der Waals surface area contributed by atoms with Gasteiger partial charge in [-0.3, -0.25) is 0 Å². The van der Waals surface area contributed by atoms with Crippen LogP contribution in [0.25, 0.3) is 0 Å². The van der Waals surface area contributed by atoms with Crippen LogP contribution in [-0.2, 0) is 6.42 Å². The predicted molar refractivity (Wildman–Crippen MR) is 66.3 cm³/mol. The average Bonchev–Trinajstić information content (AvgIpc) is 2.27. The number of benzene rings is 1. The molecule has 84 valence electrons. The van der Waals surface area contributed by atoms with E-state index in [4.69, 9.17) is 11.5 Å². The minimum absolute atomic E-state index is 0.00255. The number of aryl methyl sites for hydroxylation is 1. The van der Waals surface area contributed by atoms with Gasteiger partial charge in [0.1, 0.15) is 0 Å². The molecule has 2 rings (SSSR count). The summed E-state index contributed by atoms with van der Waals surface area (Å²) in [6, 6.07) is 8.27. The van der Waals surface area contributed by atoms with Gasteiger partial charge in [0.15, 0.2) is 0 Å². The third kappa shape index (κ3) is 2.05. The van der Waals surface area contributed by atoms with E-state index in [0.717, 1.165) is 18.6 Å². The molecule has 1 aromatic carbocycles. The van der Waals surface area contributed by atoms with E-state index in [2.05, 4.69) is 29.3 Å². The lowest BCUT2D eigenvalue weighted by molar-refractivity contribution is 0.661. The summed E-state index contributed by atoms with van der Waals surface area (Å²) in [5.74, 6) is 0.403. The van der Waals surface area contributed by atoms with Crippen LogP contribution in [0.15, 0.2) is 34.5 Å². The largest absolute Gasteiger partial charge is 0.369 e. The maximum absolute atomic E-state index is 5.30. The monoisotopic (exact) mass is 216 g/mol. The number of rotatable bonds is 1. The van der Waals surface area contributed by atoms with Crippen molar-refractivity contribution in [2.24, 2.45) is 27.6 Å². The van der Waals surface area contributed by atoms with Crippen molar-refractivity contribution in [2.75, 3.05) is 0 Å². The lowest BCUT2D eigenvalue weighted by Gasteiger charge is -2.22. The highest BCUT2D eigenvalue weighted by atomic mass is 15.3. The summed E-state index contributed by atoms with van der Waals surface area (Å²) in [6.45, 7) is 2.15. The Labute approximate surface area is 95.1 Å². The van der Waals surface area contributed by atoms with Crippen LogP contribution in [0.1, 0.15) is 24.5 Å². The van der Waals surface area contributed by atoms with E-state index in [0.29, 0.717) is 5.92 Å². The molecule has 1 aromatic rings. The summed E-state index contributed by atoms with van der Waals surface area (Å²) in [5, 5.41) is 7.92. The SMILES string of the molecule is CC1CCc2ccccc2/C1=N/N=C(N)N. The Morgan fingerprint density at radius 1 is 1.31 bits per heavy atom. The molecule has 0 radical (unpaired) electrons. The minimum atomic E-state index is 0.00255. The van der Waals surface area contributed by atoms with Crippen molar-refractivity contribution >= 4 is 11.7 Å². The first-order valence-corrected chi connectivity index (χ1v) is 5.43. The van der Waals surface area contributed by atoms with Crippen LogP contribution in [0.5, 0.6) is 0 Å². The Kier molecular flexibility index (Phi) is 2.90. The van der Waals surface area contributed by atoms with Crippen LogP contribution in [0.3, 0.4) is 0 Å². The average molecular weight is 216 g/mol. The number of hydrogen-bond donors (Lipinski definition) is 2. The van der Waals surface area contributed by atoms with Gasteiger partial charge in [0.25, 0.3) is 0 Å². The smallest absolute Gasteiger partial charge is 0.211 e. The van der Waals surface area contributed by atoms with Crippen LogP contribution in [0.4, 0.5) is 0 Å². The zero-order valence-corrected chi connectivity index (χ0v) is 9.35. The van der Waals surface area contributed by atoms with E-state index in [9.17, 15) is 0 Å². The summed E-state index contributed by atoms with van der Waals surface area (Å²) < 4.78 is 0. The van der Waals surface area contributed by atoms with Gasteiger partial charge in [0.2, 0.25) is 5.96 Å². The summed E-state index contributed by atoms with van der Waals surface area (Å²) in [4.78, 5) is 0. The maximum atomic E-state index is 5.30. The van der Waals surface area contributed by atoms with Gasteiger partial charge in [-0.25, -0.2) is 0 Å². The number of nitrogens with zero attached hydrogens (tertiary/aromatic N) is 2. The lowest BCUT2D eigenvalue weighted by atomic mass is 9.83. The van der Waals surface area contributed by atoms with Gasteiger partial charge < -0.3 is 11.5 Å². The Hall–Kier alpha value is -1.84. The van der Waals surface area contributed by atoms with E-state index >= 15 is 0 Å². The molecular formula is C12H16N4. The van der Waals surface area contributed by atoms with E-state index in [1.54, 1.807) is 0 Å². The van der Waals surface area contributed by atoms with Gasteiger partial charge in [0.05, 0.1) is 5.71 Å². The number of nitrogens with two attached hydrogens (primary N) is 2. The number of guanidine groups is 1. The first-order chi connectivity index (χ1) is 7.68. The molecule has 0 fully saturated rings. The molecule has 0 aliphatic heterocycles. The lowest BCUT2D eigenvalue weighted by Crippen LogP contribution is -2.24. The Morgan fingerprint density at radius 2 is 2.06 bits per heavy atom. The summed E-state index contributed by atoms with van der Waals surface area (Å²) in [5.41, 5.74) is 14.1. The molecule has 4 heteroatoms.